The Hall–Kier alpha value is -1.99. The fourth-order valence-electron chi connectivity index (χ4n) is 3.21. The summed E-state index contributed by atoms with van der Waals surface area (Å²) < 4.78 is 16.1. The number of rotatable bonds is 4. The highest BCUT2D eigenvalue weighted by Crippen LogP contribution is 2.50. The van der Waals surface area contributed by atoms with Crippen LogP contribution >= 0.6 is 34.8 Å². The summed E-state index contributed by atoms with van der Waals surface area (Å²) in [5.74, 6) is -1.63. The molecular weight excluding hydrogens is 429 g/mol. The minimum atomic E-state index is -1.73. The van der Waals surface area contributed by atoms with Crippen LogP contribution in [0.3, 0.4) is 0 Å². The number of nitrogens with zero attached hydrogens (tertiary/aromatic N) is 1. The van der Waals surface area contributed by atoms with Crippen LogP contribution < -0.4 is 0 Å². The Labute approximate surface area is 176 Å². The molecule has 0 aliphatic carbocycles. The third kappa shape index (κ3) is 3.20. The molecule has 3 rings (SSSR count). The highest BCUT2D eigenvalue weighted by atomic mass is 35.5. The molecule has 1 aromatic carbocycles. The van der Waals surface area contributed by atoms with Crippen molar-refractivity contribution in [2.75, 3.05) is 14.2 Å². The molecule has 2 atom stereocenters. The van der Waals surface area contributed by atoms with Crippen LogP contribution in [0.15, 0.2) is 65.0 Å². The molecular formula is C19H16Cl3NO5. The number of benzene rings is 1. The van der Waals surface area contributed by atoms with Gasteiger partial charge in [0.15, 0.2) is 11.8 Å². The van der Waals surface area contributed by atoms with Crippen molar-refractivity contribution in [1.29, 1.82) is 0 Å². The van der Waals surface area contributed by atoms with Gasteiger partial charge >= 0.3 is 11.9 Å². The first-order valence-electron chi connectivity index (χ1n) is 8.13. The zero-order valence-corrected chi connectivity index (χ0v) is 17.2. The largest absolute Gasteiger partial charge is 0.466 e. The maximum Gasteiger partial charge on any atom is 0.355 e. The number of ether oxygens (including phenoxy) is 3. The summed E-state index contributed by atoms with van der Waals surface area (Å²) in [6.07, 6.45) is 3.80. The van der Waals surface area contributed by atoms with E-state index < -0.39 is 28.6 Å². The van der Waals surface area contributed by atoms with Crippen LogP contribution in [0, 0.1) is 0 Å². The van der Waals surface area contributed by atoms with E-state index in [1.54, 1.807) is 42.5 Å². The first-order valence-corrected chi connectivity index (χ1v) is 9.38. The average molecular weight is 445 g/mol. The number of hydrogen-bond donors (Lipinski definition) is 0. The van der Waals surface area contributed by atoms with Crippen molar-refractivity contribution in [3.8, 4) is 0 Å². The van der Waals surface area contributed by atoms with Crippen LogP contribution in [0.5, 0.6) is 0 Å². The molecule has 1 aromatic rings. The van der Waals surface area contributed by atoms with Gasteiger partial charge in [0.05, 0.1) is 19.3 Å². The summed E-state index contributed by atoms with van der Waals surface area (Å²) in [7, 11) is 2.38. The monoisotopic (exact) mass is 443 g/mol. The van der Waals surface area contributed by atoms with Gasteiger partial charge in [-0.05, 0) is 17.7 Å². The Balaban J connectivity index is 2.42. The van der Waals surface area contributed by atoms with E-state index >= 15 is 0 Å². The quantitative estimate of drug-likeness (QED) is 0.522. The predicted molar refractivity (Wildman–Crippen MR) is 104 cm³/mol. The third-order valence-corrected chi connectivity index (χ3v) is 5.36. The van der Waals surface area contributed by atoms with E-state index in [9.17, 15) is 9.59 Å². The molecule has 0 fully saturated rings. The molecule has 2 unspecified atom stereocenters. The standard InChI is InChI=1S/C19H16Cl3NO5/c1-26-16(24)13-14(17(25)27-2)23-10-6-9-12(20)15(23)28-19(13,18(21)22)11-7-4-3-5-8-11/h3-10,15,18H,1-2H3. The number of carbonyl (C=O) groups excluding carboxylic acids is 2. The van der Waals surface area contributed by atoms with Crippen molar-refractivity contribution >= 4 is 46.7 Å². The van der Waals surface area contributed by atoms with Crippen LogP contribution in [0.25, 0.3) is 0 Å². The highest BCUT2D eigenvalue weighted by Gasteiger charge is 2.57. The zero-order valence-electron chi connectivity index (χ0n) is 14.9. The molecule has 2 aliphatic rings. The molecule has 0 aromatic heterocycles. The van der Waals surface area contributed by atoms with Crippen LogP contribution in [-0.2, 0) is 29.4 Å². The van der Waals surface area contributed by atoms with Gasteiger partial charge < -0.3 is 19.1 Å². The summed E-state index contributed by atoms with van der Waals surface area (Å²) in [4.78, 5) is 25.7. The number of hydrogen-bond acceptors (Lipinski definition) is 6. The Morgan fingerprint density at radius 1 is 1.14 bits per heavy atom. The van der Waals surface area contributed by atoms with Gasteiger partial charge in [0.25, 0.3) is 0 Å². The lowest BCUT2D eigenvalue weighted by Crippen LogP contribution is -2.55. The summed E-state index contributed by atoms with van der Waals surface area (Å²) >= 11 is 19.1. The van der Waals surface area contributed by atoms with Crippen LogP contribution in [-0.4, -0.2) is 42.1 Å². The van der Waals surface area contributed by atoms with Crippen molar-refractivity contribution in [3.63, 3.8) is 0 Å². The number of alkyl halides is 2. The molecule has 0 amide bonds. The molecule has 6 nitrogen and oxygen atoms in total. The van der Waals surface area contributed by atoms with E-state index in [-0.39, 0.29) is 16.3 Å². The van der Waals surface area contributed by atoms with Gasteiger partial charge in [0.2, 0.25) is 0 Å². The summed E-state index contributed by atoms with van der Waals surface area (Å²) in [6.45, 7) is 0. The first kappa shape index (κ1) is 20.7. The lowest BCUT2D eigenvalue weighted by Gasteiger charge is -2.48. The van der Waals surface area contributed by atoms with E-state index in [0.29, 0.717) is 5.56 Å². The molecule has 28 heavy (non-hydrogen) atoms. The molecule has 0 bridgehead atoms. The molecule has 2 aliphatic heterocycles. The Kier molecular flexibility index (Phi) is 6.05. The number of carbonyl (C=O) groups is 2. The second-order valence-electron chi connectivity index (χ2n) is 5.88. The zero-order chi connectivity index (χ0) is 20.5. The summed E-state index contributed by atoms with van der Waals surface area (Å²) in [6, 6.07) is 8.60. The molecule has 9 heteroatoms. The van der Waals surface area contributed by atoms with E-state index in [2.05, 4.69) is 0 Å². The van der Waals surface area contributed by atoms with Crippen molar-refractivity contribution in [3.05, 3.63) is 70.5 Å². The van der Waals surface area contributed by atoms with Gasteiger partial charge in [-0.3, -0.25) is 0 Å². The lowest BCUT2D eigenvalue weighted by atomic mass is 9.83. The maximum absolute atomic E-state index is 12.9. The fourth-order valence-corrected chi connectivity index (χ4v) is 4.00. The minimum Gasteiger partial charge on any atom is -0.466 e. The van der Waals surface area contributed by atoms with Gasteiger partial charge in [-0.25, -0.2) is 9.59 Å². The van der Waals surface area contributed by atoms with E-state index in [4.69, 9.17) is 49.0 Å². The van der Waals surface area contributed by atoms with E-state index in [1.807, 2.05) is 0 Å². The van der Waals surface area contributed by atoms with Gasteiger partial charge in [-0.2, -0.15) is 0 Å². The normalized spacial score (nSPS) is 24.0. The van der Waals surface area contributed by atoms with E-state index in [1.165, 1.54) is 25.3 Å². The molecule has 0 saturated carbocycles. The average Bonchev–Trinajstić information content (AvgIpc) is 2.72. The number of allylic oxidation sites excluding steroid dienone is 2. The Morgan fingerprint density at radius 3 is 2.36 bits per heavy atom. The number of esters is 2. The van der Waals surface area contributed by atoms with Gasteiger partial charge in [0, 0.05) is 6.20 Å². The molecule has 148 valence electrons. The number of methoxy groups -OCH3 is 2. The first-order chi connectivity index (χ1) is 13.4. The van der Waals surface area contributed by atoms with Crippen LogP contribution in [0.1, 0.15) is 5.56 Å². The minimum absolute atomic E-state index is 0.122. The molecule has 0 spiro atoms. The van der Waals surface area contributed by atoms with Crippen molar-refractivity contribution in [2.24, 2.45) is 0 Å². The highest BCUT2D eigenvalue weighted by molar-refractivity contribution is 6.45. The third-order valence-electron chi connectivity index (χ3n) is 4.43. The summed E-state index contributed by atoms with van der Waals surface area (Å²) in [5.41, 5.74) is -1.59. The summed E-state index contributed by atoms with van der Waals surface area (Å²) in [5, 5.41) is 0.266. The number of halogens is 3. The van der Waals surface area contributed by atoms with Crippen molar-refractivity contribution in [2.45, 2.75) is 16.7 Å². The van der Waals surface area contributed by atoms with Crippen LogP contribution in [0.4, 0.5) is 0 Å². The SMILES string of the molecule is COC(=O)C1=C(C(=O)OC)C(c2ccccc2)(C(Cl)Cl)OC2C(Cl)=CC=CN12. The molecule has 2 heterocycles. The topological polar surface area (TPSA) is 65.1 Å². The molecule has 0 N–H and O–H groups in total. The second kappa shape index (κ2) is 8.17. The molecule has 0 saturated heterocycles. The van der Waals surface area contributed by atoms with Gasteiger partial charge in [-0.1, -0.05) is 41.9 Å². The molecule has 0 radical (unpaired) electrons. The van der Waals surface area contributed by atoms with Crippen molar-refractivity contribution in [1.82, 2.24) is 4.90 Å². The van der Waals surface area contributed by atoms with Gasteiger partial charge in [0.1, 0.15) is 16.1 Å². The Morgan fingerprint density at radius 2 is 1.79 bits per heavy atom. The maximum atomic E-state index is 12.9. The predicted octanol–water partition coefficient (Wildman–Crippen LogP) is 3.59. The van der Waals surface area contributed by atoms with Gasteiger partial charge in [-0.15, -0.1) is 23.2 Å². The smallest absolute Gasteiger partial charge is 0.355 e. The Bertz CT molecular complexity index is 881. The fraction of sp³-hybridized carbons (Fsp3) is 0.263. The van der Waals surface area contributed by atoms with Crippen LogP contribution in [0.2, 0.25) is 0 Å². The van der Waals surface area contributed by atoms with Crippen molar-refractivity contribution < 1.29 is 23.8 Å². The lowest BCUT2D eigenvalue weighted by molar-refractivity contribution is -0.158. The number of fused-ring (bicyclic) bond motifs is 1. The second-order valence-corrected chi connectivity index (χ2v) is 7.41. The van der Waals surface area contributed by atoms with E-state index in [0.717, 1.165) is 0 Å².